The number of anilines is 1. The van der Waals surface area contributed by atoms with Gasteiger partial charge in [0.1, 0.15) is 17.9 Å². The summed E-state index contributed by atoms with van der Waals surface area (Å²) in [5, 5.41) is 2.88. The van der Waals surface area contributed by atoms with Gasteiger partial charge in [-0.25, -0.2) is 8.78 Å². The van der Waals surface area contributed by atoms with E-state index in [9.17, 15) is 13.6 Å². The molecular formula is C30H35F2N3O2S2. The molecule has 39 heavy (non-hydrogen) atoms. The molecule has 0 fully saturated rings. The number of thiol groups is 1. The maximum absolute atomic E-state index is 14.1. The zero-order valence-electron chi connectivity index (χ0n) is 22.8. The van der Waals surface area contributed by atoms with Crippen molar-refractivity contribution < 1.29 is 18.3 Å². The Bertz CT molecular complexity index is 1250. The number of nitrogens with zero attached hydrogens (tertiary/aromatic N) is 2. The number of carbonyl (C=O) groups is 1. The smallest absolute Gasteiger partial charge is 0.167 e. The molecule has 0 amide bonds. The van der Waals surface area contributed by atoms with E-state index in [4.69, 9.17) is 4.74 Å². The summed E-state index contributed by atoms with van der Waals surface area (Å²) in [5.41, 5.74) is 2.21. The largest absolute Gasteiger partial charge is 0.453 e. The van der Waals surface area contributed by atoms with E-state index < -0.39 is 5.82 Å². The van der Waals surface area contributed by atoms with Gasteiger partial charge in [-0.1, -0.05) is 26.8 Å². The summed E-state index contributed by atoms with van der Waals surface area (Å²) in [5.74, 6) is 0.281. The van der Waals surface area contributed by atoms with Crippen molar-refractivity contribution in [3.8, 4) is 11.5 Å². The van der Waals surface area contributed by atoms with Crippen molar-refractivity contribution in [3.05, 3.63) is 90.4 Å². The number of benzene rings is 2. The molecule has 5 nitrogen and oxygen atoms in total. The number of aromatic nitrogens is 1. The van der Waals surface area contributed by atoms with Crippen LogP contribution < -0.4 is 10.1 Å². The zero-order valence-corrected chi connectivity index (χ0v) is 24.5. The Kier molecular flexibility index (Phi) is 16.9. The number of pyridine rings is 1. The maximum atomic E-state index is 14.1. The van der Waals surface area contributed by atoms with E-state index in [1.807, 2.05) is 45.9 Å². The zero-order chi connectivity index (χ0) is 29.0. The van der Waals surface area contributed by atoms with Gasteiger partial charge in [-0.2, -0.15) is 0 Å². The summed E-state index contributed by atoms with van der Waals surface area (Å²) in [7, 11) is 1.73. The Morgan fingerprint density at radius 2 is 1.85 bits per heavy atom. The van der Waals surface area contributed by atoms with E-state index >= 15 is 0 Å². The molecule has 1 heterocycles. The highest BCUT2D eigenvalue weighted by Gasteiger charge is 2.10. The second kappa shape index (κ2) is 19.6. The van der Waals surface area contributed by atoms with Crippen molar-refractivity contribution in [2.45, 2.75) is 43.9 Å². The molecule has 1 N–H and O–H groups in total. The summed E-state index contributed by atoms with van der Waals surface area (Å²) >= 11 is 5.88. The van der Waals surface area contributed by atoms with Crippen LogP contribution in [0.25, 0.3) is 6.08 Å². The van der Waals surface area contributed by atoms with E-state index in [1.165, 1.54) is 30.0 Å². The predicted molar refractivity (Wildman–Crippen MR) is 164 cm³/mol. The number of thioether (sulfide) groups is 1. The van der Waals surface area contributed by atoms with Gasteiger partial charge in [-0.05, 0) is 61.9 Å². The first-order chi connectivity index (χ1) is 18.9. The number of aliphatic imine (C=N–C) groups is 1. The first-order valence-corrected chi connectivity index (χ1v) is 13.9. The monoisotopic (exact) mass is 571 g/mol. The second-order valence-corrected chi connectivity index (χ2v) is 8.80. The molecule has 0 radical (unpaired) electrons. The Labute approximate surface area is 239 Å². The molecule has 0 saturated carbocycles. The first-order valence-electron chi connectivity index (χ1n) is 12.4. The number of carbonyl (C=O) groups excluding carboxylic acids is 1. The molecule has 1 aromatic heterocycles. The first kappa shape index (κ1) is 33.6. The molecule has 3 rings (SSSR count). The van der Waals surface area contributed by atoms with Crippen LogP contribution >= 0.6 is 24.4 Å². The van der Waals surface area contributed by atoms with Crippen molar-refractivity contribution in [1.82, 2.24) is 4.98 Å². The van der Waals surface area contributed by atoms with Crippen LogP contribution in [0.5, 0.6) is 11.5 Å². The van der Waals surface area contributed by atoms with E-state index in [2.05, 4.69) is 27.9 Å². The topological polar surface area (TPSA) is 63.6 Å². The van der Waals surface area contributed by atoms with Crippen LogP contribution in [0.3, 0.4) is 0 Å². The predicted octanol–water partition coefficient (Wildman–Crippen LogP) is 8.88. The van der Waals surface area contributed by atoms with Crippen LogP contribution in [0, 0.1) is 11.6 Å². The molecule has 0 aliphatic rings. The molecule has 0 saturated heterocycles. The molecular weight excluding hydrogens is 536 g/mol. The summed E-state index contributed by atoms with van der Waals surface area (Å²) in [4.78, 5) is 20.0. The maximum Gasteiger partial charge on any atom is 0.167 e. The normalized spacial score (nSPS) is 10.9. The van der Waals surface area contributed by atoms with Crippen LogP contribution in [0.15, 0.2) is 87.9 Å². The van der Waals surface area contributed by atoms with Gasteiger partial charge in [-0.3, -0.25) is 9.98 Å². The van der Waals surface area contributed by atoms with Gasteiger partial charge >= 0.3 is 0 Å². The summed E-state index contributed by atoms with van der Waals surface area (Å²) in [6, 6.07) is 12.4. The fraction of sp³-hybridized carbons (Fsp3) is 0.233. The quantitative estimate of drug-likeness (QED) is 0.110. The second-order valence-electron chi connectivity index (χ2n) is 7.26. The summed E-state index contributed by atoms with van der Waals surface area (Å²) in [6.07, 6.45) is 10.5. The molecule has 0 atom stereocenters. The lowest BCUT2D eigenvalue weighted by molar-refractivity contribution is -0.105. The van der Waals surface area contributed by atoms with Crippen LogP contribution in [0.4, 0.5) is 14.5 Å². The number of aldehydes is 1. The van der Waals surface area contributed by atoms with Gasteiger partial charge in [0.05, 0.1) is 16.3 Å². The molecule has 0 unspecified atom stereocenters. The minimum Gasteiger partial charge on any atom is -0.453 e. The lowest BCUT2D eigenvalue weighted by Crippen LogP contribution is -1.95. The Morgan fingerprint density at radius 1 is 1.13 bits per heavy atom. The fourth-order valence-corrected chi connectivity index (χ4v) is 3.61. The SMILES string of the molecule is CC.C\C=C/N=C(\C=C\c1nccc(Oc2ccc(NC)cc2F)c1S)CC.O=CCSc1ccc(F)cc1. The van der Waals surface area contributed by atoms with E-state index in [0.717, 1.165) is 23.3 Å². The Morgan fingerprint density at radius 3 is 2.44 bits per heavy atom. The highest BCUT2D eigenvalue weighted by Crippen LogP contribution is 2.32. The third kappa shape index (κ3) is 12.3. The van der Waals surface area contributed by atoms with Gasteiger partial charge in [0, 0.05) is 47.9 Å². The summed E-state index contributed by atoms with van der Waals surface area (Å²) in [6.45, 7) is 7.94. The molecule has 3 aromatic rings. The Hall–Kier alpha value is -3.43. The number of hydrogen-bond donors (Lipinski definition) is 2. The lowest BCUT2D eigenvalue weighted by atomic mass is 10.2. The lowest BCUT2D eigenvalue weighted by Gasteiger charge is -2.11. The number of ether oxygens (including phenoxy) is 1. The van der Waals surface area contributed by atoms with Crippen LogP contribution in [-0.2, 0) is 4.79 Å². The molecule has 208 valence electrons. The van der Waals surface area contributed by atoms with Crippen molar-refractivity contribution >= 4 is 48.2 Å². The van der Waals surface area contributed by atoms with Crippen LogP contribution in [0.1, 0.15) is 39.8 Å². The molecule has 0 spiro atoms. The number of hydrogen-bond acceptors (Lipinski definition) is 7. The fourth-order valence-electron chi connectivity index (χ4n) is 2.77. The standard InChI is InChI=1S/C20H22FN3OS.C8H7FOS.C2H6/c1-4-11-23-14(5-2)6-8-17-20(26)19(10-12-24-17)25-18-9-7-15(22-3)13-16(18)21;9-7-1-3-8(4-2-7)11-6-5-10;1-2/h4,6-13,22,26H,5H2,1-3H3;1-5H,6H2;1-2H3/b8-6+,11-4-,23-14-;;. The number of nitrogens with one attached hydrogen (secondary N) is 1. The van der Waals surface area contributed by atoms with Crippen LogP contribution in [0.2, 0.25) is 0 Å². The van der Waals surface area contributed by atoms with Gasteiger partial charge < -0.3 is 14.8 Å². The van der Waals surface area contributed by atoms with Crippen LogP contribution in [-0.4, -0.2) is 29.8 Å². The molecule has 2 aromatic carbocycles. The van der Waals surface area contributed by atoms with Crippen molar-refractivity contribution in [2.24, 2.45) is 4.99 Å². The molecule has 0 aliphatic carbocycles. The Balaban J connectivity index is 0.000000487. The van der Waals surface area contributed by atoms with Gasteiger partial charge in [0.25, 0.3) is 0 Å². The third-order valence-corrected chi connectivity index (χ3v) is 6.03. The number of halogens is 2. The average molecular weight is 572 g/mol. The van der Waals surface area contributed by atoms with E-state index in [0.29, 0.717) is 27.8 Å². The number of allylic oxidation sites excluding steroid dienone is 2. The molecule has 0 bridgehead atoms. The van der Waals surface area contributed by atoms with Gasteiger partial charge in [0.2, 0.25) is 0 Å². The minimum absolute atomic E-state index is 0.129. The average Bonchev–Trinajstić information content (AvgIpc) is 2.97. The van der Waals surface area contributed by atoms with Gasteiger partial charge in [-0.15, -0.1) is 24.4 Å². The van der Waals surface area contributed by atoms with Gasteiger partial charge in [0.15, 0.2) is 11.6 Å². The number of rotatable bonds is 10. The van der Waals surface area contributed by atoms with E-state index in [1.54, 1.807) is 49.8 Å². The van der Waals surface area contributed by atoms with Crippen molar-refractivity contribution in [1.29, 1.82) is 0 Å². The molecule has 9 heteroatoms. The molecule has 0 aliphatic heterocycles. The highest BCUT2D eigenvalue weighted by molar-refractivity contribution is 7.99. The van der Waals surface area contributed by atoms with Crippen molar-refractivity contribution in [2.75, 3.05) is 18.1 Å². The minimum atomic E-state index is -0.453. The summed E-state index contributed by atoms with van der Waals surface area (Å²) < 4.78 is 32.1. The third-order valence-electron chi connectivity index (χ3n) is 4.67. The van der Waals surface area contributed by atoms with E-state index in [-0.39, 0.29) is 11.6 Å². The van der Waals surface area contributed by atoms with Crippen molar-refractivity contribution in [3.63, 3.8) is 0 Å². The highest BCUT2D eigenvalue weighted by atomic mass is 32.2.